The van der Waals surface area contributed by atoms with Crippen LogP contribution in [0.4, 0.5) is 0 Å². The number of nitrogens with zero attached hydrogens (tertiary/aromatic N) is 1. The standard InChI is InChI=1S/C11H13BrN2O3/c1-15-5-4-13-6-8-7-16-11(14-8)9-2-3-10(12)17-9/h2-3,7,13H,4-6H2,1H3. The van der Waals surface area contributed by atoms with Gasteiger partial charge in [0.1, 0.15) is 6.26 Å². The van der Waals surface area contributed by atoms with Gasteiger partial charge in [0, 0.05) is 20.2 Å². The Kier molecular flexibility index (Phi) is 4.36. The van der Waals surface area contributed by atoms with Crippen molar-refractivity contribution in [2.75, 3.05) is 20.3 Å². The Morgan fingerprint density at radius 1 is 1.47 bits per heavy atom. The second kappa shape index (κ2) is 6.00. The van der Waals surface area contributed by atoms with E-state index in [2.05, 4.69) is 26.2 Å². The lowest BCUT2D eigenvalue weighted by atomic mass is 10.4. The summed E-state index contributed by atoms with van der Waals surface area (Å²) in [5, 5.41) is 3.19. The number of ether oxygens (including phenoxy) is 1. The minimum absolute atomic E-state index is 0.485. The third-order valence-electron chi connectivity index (χ3n) is 2.12. The largest absolute Gasteiger partial charge is 0.444 e. The van der Waals surface area contributed by atoms with E-state index in [0.717, 1.165) is 12.2 Å². The SMILES string of the molecule is COCCNCc1coc(-c2ccc(Br)o2)n1. The predicted octanol–water partition coefficient (Wildman–Crippen LogP) is 2.43. The maximum atomic E-state index is 5.35. The molecule has 0 aliphatic heterocycles. The van der Waals surface area contributed by atoms with Crippen LogP contribution in [0.5, 0.6) is 0 Å². The van der Waals surface area contributed by atoms with Gasteiger partial charge in [0.15, 0.2) is 10.4 Å². The van der Waals surface area contributed by atoms with E-state index in [4.69, 9.17) is 13.6 Å². The van der Waals surface area contributed by atoms with Crippen molar-refractivity contribution in [3.8, 4) is 11.7 Å². The number of furan rings is 1. The normalized spacial score (nSPS) is 10.9. The van der Waals surface area contributed by atoms with Gasteiger partial charge in [-0.15, -0.1) is 0 Å². The number of hydrogen-bond acceptors (Lipinski definition) is 5. The topological polar surface area (TPSA) is 60.4 Å². The fourth-order valence-electron chi connectivity index (χ4n) is 1.32. The average Bonchev–Trinajstić information content (AvgIpc) is 2.93. The lowest BCUT2D eigenvalue weighted by Gasteiger charge is -1.99. The number of halogens is 1. The van der Waals surface area contributed by atoms with Crippen molar-refractivity contribution in [3.05, 3.63) is 28.8 Å². The van der Waals surface area contributed by atoms with Crippen LogP contribution in [0.2, 0.25) is 0 Å². The molecule has 1 N–H and O–H groups in total. The average molecular weight is 301 g/mol. The molecule has 0 atom stereocenters. The number of nitrogens with one attached hydrogen (secondary N) is 1. The van der Waals surface area contributed by atoms with E-state index < -0.39 is 0 Å². The van der Waals surface area contributed by atoms with E-state index in [-0.39, 0.29) is 0 Å². The van der Waals surface area contributed by atoms with E-state index in [0.29, 0.717) is 29.5 Å². The van der Waals surface area contributed by atoms with Gasteiger partial charge in [-0.1, -0.05) is 0 Å². The van der Waals surface area contributed by atoms with Crippen molar-refractivity contribution in [3.63, 3.8) is 0 Å². The number of hydrogen-bond donors (Lipinski definition) is 1. The highest BCUT2D eigenvalue weighted by molar-refractivity contribution is 9.10. The van der Waals surface area contributed by atoms with Gasteiger partial charge in [0.05, 0.1) is 12.3 Å². The predicted molar refractivity (Wildman–Crippen MR) is 65.5 cm³/mol. The molecule has 0 aliphatic carbocycles. The van der Waals surface area contributed by atoms with E-state index in [1.54, 1.807) is 25.5 Å². The van der Waals surface area contributed by atoms with Gasteiger partial charge in [-0.2, -0.15) is 0 Å². The van der Waals surface area contributed by atoms with Crippen LogP contribution in [0, 0.1) is 0 Å². The van der Waals surface area contributed by atoms with Crippen LogP contribution in [-0.2, 0) is 11.3 Å². The van der Waals surface area contributed by atoms with Crippen molar-refractivity contribution >= 4 is 15.9 Å². The van der Waals surface area contributed by atoms with Gasteiger partial charge in [-0.3, -0.25) is 0 Å². The first kappa shape index (κ1) is 12.3. The summed E-state index contributed by atoms with van der Waals surface area (Å²) < 4.78 is 16.3. The highest BCUT2D eigenvalue weighted by Gasteiger charge is 2.10. The van der Waals surface area contributed by atoms with E-state index in [9.17, 15) is 0 Å². The van der Waals surface area contributed by atoms with Crippen molar-refractivity contribution in [1.82, 2.24) is 10.3 Å². The lowest BCUT2D eigenvalue weighted by Crippen LogP contribution is -2.18. The molecule has 6 heteroatoms. The molecule has 0 saturated heterocycles. The molecule has 0 saturated carbocycles. The summed E-state index contributed by atoms with van der Waals surface area (Å²) in [6.45, 7) is 2.11. The first-order valence-electron chi connectivity index (χ1n) is 5.19. The maximum absolute atomic E-state index is 5.35. The highest BCUT2D eigenvalue weighted by atomic mass is 79.9. The quantitative estimate of drug-likeness (QED) is 0.830. The second-order valence-electron chi connectivity index (χ2n) is 3.42. The maximum Gasteiger partial charge on any atom is 0.263 e. The van der Waals surface area contributed by atoms with Gasteiger partial charge >= 0.3 is 0 Å². The molecule has 0 radical (unpaired) electrons. The van der Waals surface area contributed by atoms with Gasteiger partial charge in [0.2, 0.25) is 0 Å². The zero-order chi connectivity index (χ0) is 12.1. The van der Waals surface area contributed by atoms with Crippen molar-refractivity contribution in [2.45, 2.75) is 6.54 Å². The number of methoxy groups -OCH3 is 1. The highest BCUT2D eigenvalue weighted by Crippen LogP contribution is 2.24. The Labute approximate surface area is 107 Å². The summed E-state index contributed by atoms with van der Waals surface area (Å²) in [6, 6.07) is 3.61. The van der Waals surface area contributed by atoms with Crippen LogP contribution in [0.25, 0.3) is 11.7 Å². The molecule has 0 amide bonds. The van der Waals surface area contributed by atoms with Crippen LogP contribution in [0.15, 0.2) is 31.9 Å². The van der Waals surface area contributed by atoms with Crippen molar-refractivity contribution in [1.29, 1.82) is 0 Å². The molecule has 2 rings (SSSR count). The number of rotatable bonds is 6. The van der Waals surface area contributed by atoms with Gasteiger partial charge in [-0.25, -0.2) is 4.98 Å². The lowest BCUT2D eigenvalue weighted by molar-refractivity contribution is 0.199. The minimum Gasteiger partial charge on any atom is -0.444 e. The molecule has 92 valence electrons. The molecule has 0 aliphatic rings. The van der Waals surface area contributed by atoms with Crippen molar-refractivity contribution in [2.24, 2.45) is 0 Å². The molecule has 0 aromatic carbocycles. The van der Waals surface area contributed by atoms with E-state index in [1.165, 1.54) is 0 Å². The molecular weight excluding hydrogens is 288 g/mol. The fourth-order valence-corrected chi connectivity index (χ4v) is 1.63. The Hall–Kier alpha value is -1.11. The Morgan fingerprint density at radius 2 is 2.35 bits per heavy atom. The van der Waals surface area contributed by atoms with Crippen LogP contribution >= 0.6 is 15.9 Å². The molecule has 0 spiro atoms. The zero-order valence-electron chi connectivity index (χ0n) is 9.40. The number of oxazole rings is 1. The van der Waals surface area contributed by atoms with Crippen LogP contribution in [0.3, 0.4) is 0 Å². The smallest absolute Gasteiger partial charge is 0.263 e. The van der Waals surface area contributed by atoms with Gasteiger partial charge in [0.25, 0.3) is 5.89 Å². The van der Waals surface area contributed by atoms with Gasteiger partial charge < -0.3 is 18.9 Å². The number of aromatic nitrogens is 1. The summed E-state index contributed by atoms with van der Waals surface area (Å²) >= 11 is 3.23. The molecule has 0 unspecified atom stereocenters. The first-order valence-corrected chi connectivity index (χ1v) is 5.98. The summed E-state index contributed by atoms with van der Waals surface area (Å²) in [5.41, 5.74) is 0.837. The molecule has 0 fully saturated rings. The Bertz CT molecular complexity index is 467. The third-order valence-corrected chi connectivity index (χ3v) is 2.55. The van der Waals surface area contributed by atoms with E-state index in [1.807, 2.05) is 0 Å². The molecule has 0 bridgehead atoms. The molecule has 2 aromatic rings. The monoisotopic (exact) mass is 300 g/mol. The fraction of sp³-hybridized carbons (Fsp3) is 0.364. The Morgan fingerprint density at radius 3 is 3.06 bits per heavy atom. The summed E-state index contributed by atoms with van der Waals surface area (Å²) in [7, 11) is 1.67. The summed E-state index contributed by atoms with van der Waals surface area (Å²) in [6.07, 6.45) is 1.62. The van der Waals surface area contributed by atoms with Gasteiger partial charge in [-0.05, 0) is 28.1 Å². The molecule has 2 heterocycles. The molecule has 2 aromatic heterocycles. The zero-order valence-corrected chi connectivity index (χ0v) is 11.0. The molecular formula is C11H13BrN2O3. The Balaban J connectivity index is 1.92. The summed E-state index contributed by atoms with van der Waals surface area (Å²) in [4.78, 5) is 4.31. The third kappa shape index (κ3) is 3.42. The van der Waals surface area contributed by atoms with Crippen LogP contribution in [-0.4, -0.2) is 25.2 Å². The van der Waals surface area contributed by atoms with Crippen LogP contribution < -0.4 is 5.32 Å². The first-order chi connectivity index (χ1) is 8.29. The summed E-state index contributed by atoms with van der Waals surface area (Å²) in [5.74, 6) is 1.10. The molecule has 5 nitrogen and oxygen atoms in total. The minimum atomic E-state index is 0.485. The van der Waals surface area contributed by atoms with Crippen molar-refractivity contribution < 1.29 is 13.6 Å². The second-order valence-corrected chi connectivity index (χ2v) is 4.20. The van der Waals surface area contributed by atoms with E-state index >= 15 is 0 Å². The van der Waals surface area contributed by atoms with Crippen LogP contribution in [0.1, 0.15) is 5.69 Å². The molecule has 17 heavy (non-hydrogen) atoms.